The van der Waals surface area contributed by atoms with Gasteiger partial charge in [-0.1, -0.05) is 29.8 Å². The molecule has 0 fully saturated rings. The predicted octanol–water partition coefficient (Wildman–Crippen LogP) is 4.50. The monoisotopic (exact) mass is 359 g/mol. The molecule has 0 unspecified atom stereocenters. The zero-order chi connectivity index (χ0) is 12.4. The first-order valence-electron chi connectivity index (χ1n) is 5.66. The average molecular weight is 361 g/mol. The minimum atomic E-state index is 0.520. The van der Waals surface area contributed by atoms with E-state index in [-0.39, 0.29) is 0 Å². The highest BCUT2D eigenvalue weighted by Crippen LogP contribution is 2.32. The Balaban J connectivity index is 2.23. The molecule has 2 aromatic rings. The van der Waals surface area contributed by atoms with Gasteiger partial charge in [0, 0.05) is 15.9 Å². The van der Waals surface area contributed by atoms with Gasteiger partial charge >= 0.3 is 0 Å². The average Bonchev–Trinajstić information content (AvgIpc) is 2.61. The lowest BCUT2D eigenvalue weighted by Gasteiger charge is -2.06. The van der Waals surface area contributed by atoms with Crippen molar-refractivity contribution in [3.63, 3.8) is 0 Å². The molecule has 2 nitrogen and oxygen atoms in total. The molecule has 1 N–H and O–H groups in total. The minimum absolute atomic E-state index is 0.520. The van der Waals surface area contributed by atoms with E-state index >= 15 is 0 Å². The Hall–Kier alpha value is -0.320. The van der Waals surface area contributed by atoms with Crippen LogP contribution in [-0.2, 0) is 6.42 Å². The van der Waals surface area contributed by atoms with Crippen LogP contribution in [0.5, 0.6) is 0 Å². The van der Waals surface area contributed by atoms with Crippen molar-refractivity contribution in [2.45, 2.75) is 26.3 Å². The number of halogens is 2. The fraction of sp³-hybridized carbons (Fsp3) is 0.385. The van der Waals surface area contributed by atoms with Crippen molar-refractivity contribution in [1.82, 2.24) is 5.32 Å². The molecule has 1 aromatic carbocycles. The third kappa shape index (κ3) is 3.12. The summed E-state index contributed by atoms with van der Waals surface area (Å²) < 4.78 is 7.65. The van der Waals surface area contributed by atoms with E-state index in [2.05, 4.69) is 57.1 Å². The second-order valence-electron chi connectivity index (χ2n) is 4.38. The summed E-state index contributed by atoms with van der Waals surface area (Å²) in [6.45, 7) is 5.28. The molecule has 0 aliphatic heterocycles. The third-order valence-corrected chi connectivity index (χ3v) is 3.67. The zero-order valence-electron chi connectivity index (χ0n) is 9.89. The molecule has 1 heterocycles. The largest absolute Gasteiger partial charge is 0.463 e. The first-order valence-corrected chi connectivity index (χ1v) is 7.25. The van der Waals surface area contributed by atoms with Crippen LogP contribution in [0.1, 0.15) is 19.4 Å². The van der Waals surface area contributed by atoms with Gasteiger partial charge in [-0.2, -0.15) is 0 Å². The summed E-state index contributed by atoms with van der Waals surface area (Å²) in [5, 5.41) is 4.59. The van der Waals surface area contributed by atoms with Crippen LogP contribution in [0.3, 0.4) is 0 Å². The van der Waals surface area contributed by atoms with Gasteiger partial charge in [0.15, 0.2) is 0 Å². The molecular weight excluding hydrogens is 346 g/mol. The smallest absolute Gasteiger partial charge is 0.148 e. The highest BCUT2D eigenvalue weighted by Gasteiger charge is 2.09. The van der Waals surface area contributed by atoms with Gasteiger partial charge in [0.2, 0.25) is 0 Å². The van der Waals surface area contributed by atoms with Crippen molar-refractivity contribution in [3.05, 3.63) is 32.9 Å². The van der Waals surface area contributed by atoms with Crippen LogP contribution < -0.4 is 5.32 Å². The second-order valence-corrected chi connectivity index (χ2v) is 6.15. The van der Waals surface area contributed by atoms with Gasteiger partial charge in [0.05, 0.1) is 10.7 Å². The van der Waals surface area contributed by atoms with E-state index < -0.39 is 0 Å². The van der Waals surface area contributed by atoms with Crippen molar-refractivity contribution >= 4 is 42.8 Å². The lowest BCUT2D eigenvalue weighted by Crippen LogP contribution is -2.24. The van der Waals surface area contributed by atoms with Crippen LogP contribution in [0.4, 0.5) is 0 Å². The lowest BCUT2D eigenvalue weighted by atomic mass is 10.1. The summed E-state index contributed by atoms with van der Waals surface area (Å²) in [5.74, 6) is 0. The summed E-state index contributed by atoms with van der Waals surface area (Å²) >= 11 is 7.02. The molecule has 0 spiro atoms. The van der Waals surface area contributed by atoms with Crippen molar-refractivity contribution < 1.29 is 4.42 Å². The summed E-state index contributed by atoms with van der Waals surface area (Å²) in [5.41, 5.74) is 2.17. The number of benzene rings is 1. The third-order valence-electron chi connectivity index (χ3n) is 2.62. The molecule has 0 radical (unpaired) electrons. The Morgan fingerprint density at radius 1 is 1.29 bits per heavy atom. The van der Waals surface area contributed by atoms with Crippen LogP contribution in [0.2, 0.25) is 0 Å². The van der Waals surface area contributed by atoms with Gasteiger partial charge in [-0.05, 0) is 46.6 Å². The normalized spacial score (nSPS) is 11.6. The van der Waals surface area contributed by atoms with Gasteiger partial charge in [-0.25, -0.2) is 0 Å². The molecule has 0 saturated carbocycles. The quantitative estimate of drug-likeness (QED) is 0.868. The summed E-state index contributed by atoms with van der Waals surface area (Å²) in [7, 11) is 0. The Morgan fingerprint density at radius 3 is 2.76 bits per heavy atom. The fourth-order valence-electron chi connectivity index (χ4n) is 1.80. The van der Waals surface area contributed by atoms with Crippen LogP contribution in [0.15, 0.2) is 31.8 Å². The molecule has 0 aliphatic rings. The topological polar surface area (TPSA) is 25.2 Å². The first kappa shape index (κ1) is 13.1. The van der Waals surface area contributed by atoms with Crippen molar-refractivity contribution in [1.29, 1.82) is 0 Å². The molecule has 4 heteroatoms. The highest BCUT2D eigenvalue weighted by molar-refractivity contribution is 9.11. The number of rotatable bonds is 4. The number of hydrogen-bond donors (Lipinski definition) is 1. The van der Waals surface area contributed by atoms with Crippen molar-refractivity contribution in [2.24, 2.45) is 0 Å². The van der Waals surface area contributed by atoms with E-state index in [4.69, 9.17) is 4.42 Å². The maximum absolute atomic E-state index is 5.60. The first-order chi connectivity index (χ1) is 8.08. The van der Waals surface area contributed by atoms with E-state index in [0.717, 1.165) is 27.5 Å². The molecule has 0 amide bonds. The van der Waals surface area contributed by atoms with E-state index in [9.17, 15) is 0 Å². The Bertz CT molecular complexity index is 519. The van der Waals surface area contributed by atoms with Crippen LogP contribution in [0.25, 0.3) is 11.0 Å². The molecule has 0 bridgehead atoms. The van der Waals surface area contributed by atoms with Crippen molar-refractivity contribution in [3.8, 4) is 0 Å². The van der Waals surface area contributed by atoms with E-state index in [1.807, 2.05) is 12.3 Å². The molecule has 2 rings (SSSR count). The Kier molecular flexibility index (Phi) is 4.28. The fourth-order valence-corrected chi connectivity index (χ4v) is 3.12. The number of nitrogens with one attached hydrogen (secondary N) is 1. The summed E-state index contributed by atoms with van der Waals surface area (Å²) in [4.78, 5) is 0. The Labute approximate surface area is 118 Å². The summed E-state index contributed by atoms with van der Waals surface area (Å²) in [6, 6.07) is 4.63. The lowest BCUT2D eigenvalue weighted by molar-refractivity contribution is 0.580. The number of hydrogen-bond acceptors (Lipinski definition) is 2. The van der Waals surface area contributed by atoms with E-state index in [1.54, 1.807) is 0 Å². The highest BCUT2D eigenvalue weighted by atomic mass is 79.9. The molecular formula is C13H15Br2NO. The molecule has 0 aliphatic carbocycles. The number of furan rings is 1. The molecule has 1 aromatic heterocycles. The van der Waals surface area contributed by atoms with Crippen molar-refractivity contribution in [2.75, 3.05) is 6.54 Å². The molecule has 92 valence electrons. The van der Waals surface area contributed by atoms with E-state index in [0.29, 0.717) is 6.04 Å². The van der Waals surface area contributed by atoms with Gasteiger partial charge < -0.3 is 9.73 Å². The standard InChI is InChI=1S/C13H15Br2NO/c1-8(2)16-4-3-9-7-17-13-11(9)5-10(14)6-12(13)15/h5-8,16H,3-4H2,1-2H3. The van der Waals surface area contributed by atoms with E-state index in [1.165, 1.54) is 10.9 Å². The second kappa shape index (κ2) is 5.55. The van der Waals surface area contributed by atoms with Crippen LogP contribution in [0, 0.1) is 0 Å². The predicted molar refractivity (Wildman–Crippen MR) is 78.5 cm³/mol. The molecule has 0 atom stereocenters. The maximum Gasteiger partial charge on any atom is 0.148 e. The van der Waals surface area contributed by atoms with Crippen LogP contribution in [-0.4, -0.2) is 12.6 Å². The van der Waals surface area contributed by atoms with Gasteiger partial charge in [0.1, 0.15) is 5.58 Å². The molecule has 17 heavy (non-hydrogen) atoms. The van der Waals surface area contributed by atoms with Gasteiger partial charge in [0.25, 0.3) is 0 Å². The minimum Gasteiger partial charge on any atom is -0.463 e. The summed E-state index contributed by atoms with van der Waals surface area (Å²) in [6.07, 6.45) is 2.83. The number of fused-ring (bicyclic) bond motifs is 1. The zero-order valence-corrected chi connectivity index (χ0v) is 13.1. The van der Waals surface area contributed by atoms with Gasteiger partial charge in [-0.3, -0.25) is 0 Å². The van der Waals surface area contributed by atoms with Crippen LogP contribution >= 0.6 is 31.9 Å². The van der Waals surface area contributed by atoms with Gasteiger partial charge in [-0.15, -0.1) is 0 Å². The Morgan fingerprint density at radius 2 is 2.06 bits per heavy atom. The molecule has 0 saturated heterocycles. The SMILES string of the molecule is CC(C)NCCc1coc2c(Br)cc(Br)cc12. The maximum atomic E-state index is 5.60.